The lowest BCUT2D eigenvalue weighted by Crippen LogP contribution is -2.46. The molecule has 0 radical (unpaired) electrons. The topological polar surface area (TPSA) is 78.4 Å². The molecule has 3 aliphatic rings. The number of rotatable bonds is 6. The number of pyridine rings is 1. The number of nitrogen functional groups attached to an aromatic ring is 1. The first-order chi connectivity index (χ1) is 15.3. The van der Waals surface area contributed by atoms with E-state index in [1.807, 2.05) is 0 Å². The van der Waals surface area contributed by atoms with Crippen LogP contribution in [0.2, 0.25) is 0 Å². The molecule has 0 amide bonds. The van der Waals surface area contributed by atoms with Crippen molar-refractivity contribution in [2.75, 3.05) is 25.4 Å². The van der Waals surface area contributed by atoms with Crippen molar-refractivity contribution >= 4 is 5.82 Å². The molecule has 0 bridgehead atoms. The first-order valence-electron chi connectivity index (χ1n) is 11.5. The van der Waals surface area contributed by atoms with E-state index >= 15 is 0 Å². The molecule has 5 rings (SSSR count). The monoisotopic (exact) mass is 447 g/mol. The third-order valence-electron chi connectivity index (χ3n) is 7.20. The van der Waals surface area contributed by atoms with Crippen LogP contribution in [0.25, 0.3) is 11.3 Å². The number of morpholine rings is 1. The van der Waals surface area contributed by atoms with Gasteiger partial charge in [0.05, 0.1) is 18.4 Å². The standard InChI is InChI=1S/C23H31F2N5O2/c1-12(2)30-19(9-18(28-30)14-6-20(32-23(24)25)22(26)27-10-14)21-16-7-15(8-17(16)21)29-4-5-31-13(3)11-29/h6,9-10,12-13,15-17,21,23H,4-5,7-8,11H2,1-3H3,(H2,26,27)/t13-,15-,16+,17-,21-/m0/s1. The van der Waals surface area contributed by atoms with E-state index in [0.29, 0.717) is 41.2 Å². The zero-order valence-corrected chi connectivity index (χ0v) is 18.7. The molecular formula is C23H31F2N5O2. The molecule has 2 saturated carbocycles. The number of ether oxygens (including phenoxy) is 2. The van der Waals surface area contributed by atoms with E-state index in [1.54, 1.807) is 6.20 Å². The molecule has 0 spiro atoms. The van der Waals surface area contributed by atoms with Crippen LogP contribution in [0.15, 0.2) is 18.3 Å². The number of aromatic nitrogens is 3. The van der Waals surface area contributed by atoms with Gasteiger partial charge in [-0.3, -0.25) is 9.58 Å². The van der Waals surface area contributed by atoms with Gasteiger partial charge in [-0.25, -0.2) is 4.98 Å². The summed E-state index contributed by atoms with van der Waals surface area (Å²) in [6, 6.07) is 4.44. The predicted octanol–water partition coefficient (Wildman–Crippen LogP) is 3.92. The van der Waals surface area contributed by atoms with Gasteiger partial charge in [0, 0.05) is 48.5 Å². The van der Waals surface area contributed by atoms with Gasteiger partial charge in [0.15, 0.2) is 11.6 Å². The number of hydrogen-bond acceptors (Lipinski definition) is 6. The molecule has 7 nitrogen and oxygen atoms in total. The van der Waals surface area contributed by atoms with Gasteiger partial charge in [0.25, 0.3) is 0 Å². The van der Waals surface area contributed by atoms with Crippen molar-refractivity contribution in [2.45, 2.75) is 64.3 Å². The van der Waals surface area contributed by atoms with Crippen molar-refractivity contribution in [1.29, 1.82) is 0 Å². The quantitative estimate of drug-likeness (QED) is 0.723. The van der Waals surface area contributed by atoms with Crippen LogP contribution in [-0.4, -0.2) is 58.1 Å². The second kappa shape index (κ2) is 8.26. The Balaban J connectivity index is 1.35. The number of hydrogen-bond donors (Lipinski definition) is 1. The molecular weight excluding hydrogens is 416 g/mol. The van der Waals surface area contributed by atoms with Crippen molar-refractivity contribution < 1.29 is 18.3 Å². The fourth-order valence-electron chi connectivity index (χ4n) is 5.72. The summed E-state index contributed by atoms with van der Waals surface area (Å²) in [5.41, 5.74) is 8.26. The van der Waals surface area contributed by atoms with Crippen molar-refractivity contribution in [3.05, 3.63) is 24.0 Å². The fourth-order valence-corrected chi connectivity index (χ4v) is 5.72. The third kappa shape index (κ3) is 3.96. The first-order valence-corrected chi connectivity index (χ1v) is 11.5. The van der Waals surface area contributed by atoms with Gasteiger partial charge >= 0.3 is 6.61 Å². The second-order valence-electron chi connectivity index (χ2n) is 9.63. The lowest BCUT2D eigenvalue weighted by Gasteiger charge is -2.36. The summed E-state index contributed by atoms with van der Waals surface area (Å²) in [5, 5.41) is 4.80. The summed E-state index contributed by atoms with van der Waals surface area (Å²) in [5.74, 6) is 1.69. The lowest BCUT2D eigenvalue weighted by atomic mass is 10.0. The summed E-state index contributed by atoms with van der Waals surface area (Å²) in [6.45, 7) is 6.30. The van der Waals surface area contributed by atoms with E-state index in [4.69, 9.17) is 15.6 Å². The van der Waals surface area contributed by atoms with E-state index in [1.165, 1.54) is 24.6 Å². The minimum Gasteiger partial charge on any atom is -0.431 e. The van der Waals surface area contributed by atoms with Crippen LogP contribution in [0.1, 0.15) is 51.3 Å². The van der Waals surface area contributed by atoms with Gasteiger partial charge in [0.1, 0.15) is 0 Å². The molecule has 0 unspecified atom stereocenters. The van der Waals surface area contributed by atoms with Crippen molar-refractivity contribution in [3.63, 3.8) is 0 Å². The highest BCUT2D eigenvalue weighted by Crippen LogP contribution is 2.64. The maximum absolute atomic E-state index is 12.7. The zero-order valence-electron chi connectivity index (χ0n) is 18.7. The molecule has 1 saturated heterocycles. The van der Waals surface area contributed by atoms with Gasteiger partial charge in [-0.05, 0) is 57.6 Å². The highest BCUT2D eigenvalue weighted by molar-refractivity contribution is 5.64. The molecule has 0 aromatic carbocycles. The highest BCUT2D eigenvalue weighted by atomic mass is 19.3. The van der Waals surface area contributed by atoms with Gasteiger partial charge in [0.2, 0.25) is 0 Å². The van der Waals surface area contributed by atoms with Gasteiger partial charge in [-0.2, -0.15) is 13.9 Å². The van der Waals surface area contributed by atoms with Crippen LogP contribution >= 0.6 is 0 Å². The van der Waals surface area contributed by atoms with Crippen LogP contribution < -0.4 is 10.5 Å². The van der Waals surface area contributed by atoms with E-state index in [0.717, 1.165) is 19.7 Å². The maximum atomic E-state index is 12.7. The number of nitrogens with zero attached hydrogens (tertiary/aromatic N) is 4. The molecule has 174 valence electrons. The van der Waals surface area contributed by atoms with Gasteiger partial charge in [-0.15, -0.1) is 0 Å². The minimum absolute atomic E-state index is 0.0576. The molecule has 2 aromatic heterocycles. The largest absolute Gasteiger partial charge is 0.431 e. The van der Waals surface area contributed by atoms with E-state index in [2.05, 4.69) is 46.1 Å². The van der Waals surface area contributed by atoms with Crippen molar-refractivity contribution in [1.82, 2.24) is 19.7 Å². The SMILES string of the molecule is CC(C)n1nc(-c2cnc(N)c(OC(F)F)c2)cc1[C@H]1[C@@H]2C[C@H](N3CCO[C@@H](C)C3)C[C@@H]21. The Morgan fingerprint density at radius 1 is 1.22 bits per heavy atom. The van der Waals surface area contributed by atoms with E-state index < -0.39 is 6.61 Å². The molecule has 2 aromatic rings. The fraction of sp³-hybridized carbons (Fsp3) is 0.652. The Bertz CT molecular complexity index is 969. The Labute approximate surface area is 186 Å². The van der Waals surface area contributed by atoms with Gasteiger partial charge < -0.3 is 15.2 Å². The van der Waals surface area contributed by atoms with Crippen molar-refractivity contribution in [2.24, 2.45) is 11.8 Å². The van der Waals surface area contributed by atoms with Gasteiger partial charge in [-0.1, -0.05) is 0 Å². The van der Waals surface area contributed by atoms with Crippen LogP contribution in [-0.2, 0) is 4.74 Å². The third-order valence-corrected chi connectivity index (χ3v) is 7.20. The van der Waals surface area contributed by atoms with Crippen LogP contribution in [0.4, 0.5) is 14.6 Å². The number of alkyl halides is 2. The summed E-state index contributed by atoms with van der Waals surface area (Å²) >= 11 is 0. The first kappa shape index (κ1) is 21.6. The molecule has 1 aliphatic heterocycles. The number of fused-ring (bicyclic) bond motifs is 1. The molecule has 9 heteroatoms. The average Bonchev–Trinajstić information content (AvgIpc) is 3.08. The average molecular weight is 448 g/mol. The summed E-state index contributed by atoms with van der Waals surface area (Å²) in [4.78, 5) is 6.64. The van der Waals surface area contributed by atoms with E-state index in [9.17, 15) is 8.78 Å². The number of halogens is 2. The maximum Gasteiger partial charge on any atom is 0.387 e. The molecule has 3 heterocycles. The number of nitrogens with two attached hydrogens (primary N) is 1. The summed E-state index contributed by atoms with van der Waals surface area (Å²) in [6.07, 6.45) is 4.31. The predicted molar refractivity (Wildman–Crippen MR) is 117 cm³/mol. The Kier molecular flexibility index (Phi) is 5.57. The smallest absolute Gasteiger partial charge is 0.387 e. The summed E-state index contributed by atoms with van der Waals surface area (Å²) < 4.78 is 37.7. The Morgan fingerprint density at radius 3 is 2.62 bits per heavy atom. The minimum atomic E-state index is -2.95. The van der Waals surface area contributed by atoms with Crippen LogP contribution in [0.5, 0.6) is 5.75 Å². The summed E-state index contributed by atoms with van der Waals surface area (Å²) in [7, 11) is 0. The van der Waals surface area contributed by atoms with Crippen LogP contribution in [0.3, 0.4) is 0 Å². The highest BCUT2D eigenvalue weighted by Gasteiger charge is 2.58. The Hall–Kier alpha value is -2.26. The lowest BCUT2D eigenvalue weighted by molar-refractivity contribution is -0.0494. The molecule has 2 N–H and O–H groups in total. The molecule has 32 heavy (non-hydrogen) atoms. The zero-order chi connectivity index (χ0) is 22.6. The molecule has 3 fully saturated rings. The van der Waals surface area contributed by atoms with Crippen molar-refractivity contribution in [3.8, 4) is 17.0 Å². The Morgan fingerprint density at radius 2 is 1.97 bits per heavy atom. The number of anilines is 1. The van der Waals surface area contributed by atoms with Crippen LogP contribution in [0, 0.1) is 11.8 Å². The molecule has 5 atom stereocenters. The normalized spacial score (nSPS) is 30.2. The molecule has 2 aliphatic carbocycles. The van der Waals surface area contributed by atoms with E-state index in [-0.39, 0.29) is 17.6 Å². The second-order valence-corrected chi connectivity index (χ2v) is 9.63.